The van der Waals surface area contributed by atoms with Gasteiger partial charge in [0.1, 0.15) is 11.6 Å². The van der Waals surface area contributed by atoms with Crippen LogP contribution in [0.2, 0.25) is 0 Å². The second-order valence-corrected chi connectivity index (χ2v) is 6.98. The highest BCUT2D eigenvalue weighted by Gasteiger charge is 2.48. The molecule has 1 saturated heterocycles. The molecule has 1 rings (SSSR count). The summed E-state index contributed by atoms with van der Waals surface area (Å²) in [5.41, 5.74) is -0.707. The average Bonchev–Trinajstić information content (AvgIpc) is 2.80. The number of esters is 1. The molecule has 1 aliphatic rings. The lowest BCUT2D eigenvalue weighted by atomic mass is 9.98. The van der Waals surface area contributed by atoms with Gasteiger partial charge in [0, 0.05) is 19.5 Å². The van der Waals surface area contributed by atoms with Crippen molar-refractivity contribution in [2.75, 3.05) is 21.3 Å². The first-order valence-corrected chi connectivity index (χ1v) is 7.91. The molecule has 8 nitrogen and oxygen atoms in total. The van der Waals surface area contributed by atoms with E-state index in [-0.39, 0.29) is 18.2 Å². The van der Waals surface area contributed by atoms with Gasteiger partial charge in [-0.25, -0.2) is 14.7 Å². The summed E-state index contributed by atoms with van der Waals surface area (Å²) in [6, 6.07) is -1.22. The first-order chi connectivity index (χ1) is 11.0. The molecule has 8 heteroatoms. The number of hydroxylamine groups is 2. The van der Waals surface area contributed by atoms with E-state index in [2.05, 4.69) is 0 Å². The number of amides is 2. The number of likely N-dealkylation sites (tertiary alicyclic amines) is 1. The first-order valence-electron chi connectivity index (χ1n) is 7.91. The van der Waals surface area contributed by atoms with Gasteiger partial charge in [-0.1, -0.05) is 6.92 Å². The summed E-state index contributed by atoms with van der Waals surface area (Å²) in [5, 5.41) is 1.10. The normalized spacial score (nSPS) is 23.8. The zero-order valence-corrected chi connectivity index (χ0v) is 15.5. The SMILES string of the molecule is COC(=O)[C@H]1C[C@@H](C)[C@H](CC(=O)N(C)OC)N1C(=O)OC(C)(C)C. The molecule has 2 amide bonds. The lowest BCUT2D eigenvalue weighted by Crippen LogP contribution is -2.49. The average molecular weight is 344 g/mol. The Bertz CT molecular complexity index is 487. The van der Waals surface area contributed by atoms with Gasteiger partial charge in [0.15, 0.2) is 0 Å². The van der Waals surface area contributed by atoms with Crippen molar-refractivity contribution in [3.05, 3.63) is 0 Å². The number of hydrogen-bond acceptors (Lipinski definition) is 6. The van der Waals surface area contributed by atoms with Gasteiger partial charge in [0.05, 0.1) is 14.2 Å². The van der Waals surface area contributed by atoms with Crippen molar-refractivity contribution in [1.82, 2.24) is 9.96 Å². The van der Waals surface area contributed by atoms with Crippen molar-refractivity contribution >= 4 is 18.0 Å². The minimum Gasteiger partial charge on any atom is -0.467 e. The summed E-state index contributed by atoms with van der Waals surface area (Å²) in [6.45, 7) is 7.13. The Morgan fingerprint density at radius 2 is 1.79 bits per heavy atom. The second-order valence-electron chi connectivity index (χ2n) is 6.98. The van der Waals surface area contributed by atoms with E-state index in [9.17, 15) is 14.4 Å². The van der Waals surface area contributed by atoms with Crippen LogP contribution in [0.5, 0.6) is 0 Å². The number of rotatable bonds is 4. The predicted octanol–water partition coefficient (Wildman–Crippen LogP) is 1.58. The molecule has 0 bridgehead atoms. The van der Waals surface area contributed by atoms with Gasteiger partial charge in [0.2, 0.25) is 5.91 Å². The number of carbonyl (C=O) groups excluding carboxylic acids is 3. The Morgan fingerprint density at radius 3 is 2.25 bits per heavy atom. The molecule has 0 radical (unpaired) electrons. The van der Waals surface area contributed by atoms with Crippen molar-refractivity contribution in [3.8, 4) is 0 Å². The molecule has 0 unspecified atom stereocenters. The van der Waals surface area contributed by atoms with Crippen LogP contribution in [0.4, 0.5) is 4.79 Å². The minimum absolute atomic E-state index is 0.0399. The van der Waals surface area contributed by atoms with Crippen LogP contribution < -0.4 is 0 Å². The molecule has 1 fully saturated rings. The number of hydrogen-bond donors (Lipinski definition) is 0. The van der Waals surface area contributed by atoms with Crippen molar-refractivity contribution in [2.45, 2.75) is 58.2 Å². The van der Waals surface area contributed by atoms with E-state index < -0.39 is 29.7 Å². The minimum atomic E-state index is -0.759. The maximum Gasteiger partial charge on any atom is 0.411 e. The molecule has 0 aromatic rings. The Balaban J connectivity index is 3.06. The fraction of sp³-hybridized carbons (Fsp3) is 0.812. The maximum absolute atomic E-state index is 12.6. The summed E-state index contributed by atoms with van der Waals surface area (Å²) in [4.78, 5) is 43.1. The van der Waals surface area contributed by atoms with Crippen LogP contribution in [-0.2, 0) is 23.9 Å². The molecule has 1 heterocycles. The largest absolute Gasteiger partial charge is 0.467 e. The lowest BCUT2D eigenvalue weighted by molar-refractivity contribution is -0.170. The van der Waals surface area contributed by atoms with Gasteiger partial charge in [-0.2, -0.15) is 0 Å². The maximum atomic E-state index is 12.6. The van der Waals surface area contributed by atoms with Crippen LogP contribution in [0.1, 0.15) is 40.5 Å². The van der Waals surface area contributed by atoms with Crippen molar-refractivity contribution in [1.29, 1.82) is 0 Å². The summed E-state index contributed by atoms with van der Waals surface area (Å²) in [6.07, 6.45) is -0.168. The summed E-state index contributed by atoms with van der Waals surface area (Å²) in [7, 11) is 4.16. The third kappa shape index (κ3) is 4.83. The molecule has 138 valence electrons. The van der Waals surface area contributed by atoms with E-state index in [4.69, 9.17) is 14.3 Å². The molecule has 0 aromatic carbocycles. The fourth-order valence-electron chi connectivity index (χ4n) is 2.76. The van der Waals surface area contributed by atoms with Crippen LogP contribution in [-0.4, -0.2) is 66.9 Å². The van der Waals surface area contributed by atoms with Gasteiger partial charge >= 0.3 is 12.1 Å². The highest BCUT2D eigenvalue weighted by atomic mass is 16.7. The molecule has 0 saturated carbocycles. The molecule has 0 aliphatic carbocycles. The molecule has 3 atom stereocenters. The third-order valence-corrected chi connectivity index (χ3v) is 4.03. The number of carbonyl (C=O) groups is 3. The molecular formula is C16H28N2O6. The lowest BCUT2D eigenvalue weighted by Gasteiger charge is -2.32. The highest BCUT2D eigenvalue weighted by Crippen LogP contribution is 2.34. The van der Waals surface area contributed by atoms with Gasteiger partial charge < -0.3 is 9.47 Å². The summed E-state index contributed by atoms with van der Waals surface area (Å²) in [5.74, 6) is -0.855. The van der Waals surface area contributed by atoms with E-state index in [0.717, 1.165) is 5.06 Å². The van der Waals surface area contributed by atoms with Gasteiger partial charge in [-0.15, -0.1) is 0 Å². The standard InChI is InChI=1S/C16H28N2O6/c1-10-8-12(14(20)22-6)18(15(21)24-16(2,3)4)11(10)9-13(19)17(5)23-7/h10-12H,8-9H2,1-7H3/t10-,11+,12-/m1/s1. The van der Waals surface area contributed by atoms with E-state index >= 15 is 0 Å². The number of nitrogens with zero attached hydrogens (tertiary/aromatic N) is 2. The van der Waals surface area contributed by atoms with Crippen LogP contribution in [0.25, 0.3) is 0 Å². The molecule has 1 aliphatic heterocycles. The highest BCUT2D eigenvalue weighted by molar-refractivity contribution is 5.84. The fourth-order valence-corrected chi connectivity index (χ4v) is 2.76. The smallest absolute Gasteiger partial charge is 0.411 e. The summed E-state index contributed by atoms with van der Waals surface area (Å²) >= 11 is 0. The van der Waals surface area contributed by atoms with E-state index in [0.29, 0.717) is 6.42 Å². The second kappa shape index (κ2) is 7.83. The molecule has 24 heavy (non-hydrogen) atoms. The number of methoxy groups -OCH3 is 1. The van der Waals surface area contributed by atoms with E-state index in [1.54, 1.807) is 20.8 Å². The Hall–Kier alpha value is -1.83. The van der Waals surface area contributed by atoms with Crippen molar-refractivity contribution in [2.24, 2.45) is 5.92 Å². The van der Waals surface area contributed by atoms with Crippen molar-refractivity contribution in [3.63, 3.8) is 0 Å². The van der Waals surface area contributed by atoms with Crippen LogP contribution in [0.15, 0.2) is 0 Å². The molecule has 0 aromatic heterocycles. The van der Waals surface area contributed by atoms with Gasteiger partial charge in [-0.05, 0) is 33.1 Å². The van der Waals surface area contributed by atoms with Crippen molar-refractivity contribution < 1.29 is 28.7 Å². The van der Waals surface area contributed by atoms with E-state index in [1.807, 2.05) is 6.92 Å². The third-order valence-electron chi connectivity index (χ3n) is 4.03. The molecular weight excluding hydrogens is 316 g/mol. The summed E-state index contributed by atoms with van der Waals surface area (Å²) < 4.78 is 10.2. The quantitative estimate of drug-likeness (QED) is 0.569. The van der Waals surface area contributed by atoms with Gasteiger partial charge in [0.25, 0.3) is 0 Å². The van der Waals surface area contributed by atoms with Gasteiger partial charge in [-0.3, -0.25) is 14.5 Å². The topological polar surface area (TPSA) is 85.4 Å². The van der Waals surface area contributed by atoms with Crippen LogP contribution in [0.3, 0.4) is 0 Å². The molecule has 0 N–H and O–H groups in total. The first kappa shape index (κ1) is 20.2. The monoisotopic (exact) mass is 344 g/mol. The Kier molecular flexibility index (Phi) is 6.59. The number of ether oxygens (including phenoxy) is 2. The van der Waals surface area contributed by atoms with Crippen LogP contribution >= 0.6 is 0 Å². The van der Waals surface area contributed by atoms with E-state index in [1.165, 1.54) is 26.2 Å². The van der Waals surface area contributed by atoms with Crippen LogP contribution in [0, 0.1) is 5.92 Å². The Morgan fingerprint density at radius 1 is 1.21 bits per heavy atom. The molecule has 0 spiro atoms. The zero-order chi connectivity index (χ0) is 18.7. The zero-order valence-electron chi connectivity index (χ0n) is 15.5. The Labute approximate surface area is 143 Å². The predicted molar refractivity (Wildman–Crippen MR) is 85.8 cm³/mol.